The minimum atomic E-state index is -3.59. The van der Waals surface area contributed by atoms with E-state index in [2.05, 4.69) is 33.2 Å². The third-order valence-corrected chi connectivity index (χ3v) is 10.6. The van der Waals surface area contributed by atoms with E-state index >= 15 is 0 Å². The van der Waals surface area contributed by atoms with Crippen molar-refractivity contribution in [2.75, 3.05) is 0 Å². The molecule has 0 bridgehead atoms. The Hall–Kier alpha value is -6.51. The van der Waals surface area contributed by atoms with Gasteiger partial charge in [0.25, 0.3) is 0 Å². The van der Waals surface area contributed by atoms with Crippen molar-refractivity contribution in [3.8, 4) is 39.8 Å². The smallest absolute Gasteiger partial charge is 0.500 e. The van der Waals surface area contributed by atoms with Crippen LogP contribution in [0.5, 0.6) is 0 Å². The number of nitrogens with zero attached hydrogens (tertiary/aromatic N) is 4. The molecule has 328 valence electrons. The summed E-state index contributed by atoms with van der Waals surface area (Å²) < 4.78 is 200. The van der Waals surface area contributed by atoms with Crippen molar-refractivity contribution in [2.45, 2.75) is 91.4 Å². The number of aryl methyl sites for hydroxylation is 8. The van der Waals surface area contributed by atoms with Crippen LogP contribution in [-0.4, -0.2) is 15.0 Å². The Labute approximate surface area is 432 Å². The molecule has 4 heterocycles. The summed E-state index contributed by atoms with van der Waals surface area (Å²) in [7, 11) is 0. The van der Waals surface area contributed by atoms with Gasteiger partial charge in [0, 0.05) is 57.0 Å². The van der Waals surface area contributed by atoms with Crippen LogP contribution in [-0.2, 0) is 58.3 Å². The first-order chi connectivity index (χ1) is 39.6. The maximum Gasteiger partial charge on any atom is 3.00 e. The fraction of sp³-hybridized carbons (Fsp3) is 0.233. The van der Waals surface area contributed by atoms with Gasteiger partial charge in [-0.15, -0.1) is 90.0 Å². The summed E-state index contributed by atoms with van der Waals surface area (Å²) >= 11 is 0. The van der Waals surface area contributed by atoms with Gasteiger partial charge in [-0.1, -0.05) is 86.7 Å². The molecule has 5 aromatic carbocycles. The van der Waals surface area contributed by atoms with E-state index < -0.39 is 120 Å². The Balaban J connectivity index is 0.00000982. The van der Waals surface area contributed by atoms with Gasteiger partial charge >= 0.3 is 20.1 Å². The molecule has 0 atom stereocenters. The molecule has 4 aromatic heterocycles. The van der Waals surface area contributed by atoms with Crippen LogP contribution >= 0.6 is 0 Å². The maximum atomic E-state index is 9.88. The van der Waals surface area contributed by atoms with Crippen molar-refractivity contribution < 1.29 is 53.3 Å². The molecule has 0 saturated carbocycles. The number of benzene rings is 5. The van der Waals surface area contributed by atoms with Gasteiger partial charge in [0.2, 0.25) is 0 Å². The number of rotatable bonds is 14. The van der Waals surface area contributed by atoms with Crippen molar-refractivity contribution in [1.29, 1.82) is 5.26 Å². The quantitative estimate of drug-likeness (QED) is 0.101. The van der Waals surface area contributed by atoms with E-state index in [4.69, 9.17) is 16.8 Å². The third-order valence-electron chi connectivity index (χ3n) is 10.6. The van der Waals surface area contributed by atoms with E-state index in [0.29, 0.717) is 11.1 Å². The molecule has 6 heteroatoms. The first kappa shape index (κ1) is 26.6. The van der Waals surface area contributed by atoms with Gasteiger partial charge in [0.05, 0.1) is 18.6 Å². The van der Waals surface area contributed by atoms with E-state index in [0.717, 1.165) is 42.9 Å². The first-order valence-corrected chi connectivity index (χ1v) is 20.6. The molecule has 66 heavy (non-hydrogen) atoms. The summed E-state index contributed by atoms with van der Waals surface area (Å²) in [5.74, 6) is -3.27. The Morgan fingerprint density at radius 3 is 1.70 bits per heavy atom. The van der Waals surface area contributed by atoms with Gasteiger partial charge in [0.1, 0.15) is 5.58 Å². The zero-order valence-electron chi connectivity index (χ0n) is 57.1. The molecular weight excluding hydrogens is 985 g/mol. The molecule has 0 aliphatic carbocycles. The Kier molecular flexibility index (Phi) is 8.19. The van der Waals surface area contributed by atoms with E-state index in [9.17, 15) is 21.7 Å². The number of fused-ring (bicyclic) bond motifs is 3. The van der Waals surface area contributed by atoms with E-state index in [1.165, 1.54) is 58.0 Å². The fourth-order valence-corrected chi connectivity index (χ4v) is 7.31. The van der Waals surface area contributed by atoms with Crippen LogP contribution in [0.25, 0.3) is 55.7 Å². The van der Waals surface area contributed by atoms with E-state index in [-0.39, 0.29) is 75.8 Å². The van der Waals surface area contributed by atoms with Gasteiger partial charge in [0.15, 0.2) is 0 Å². The summed E-state index contributed by atoms with van der Waals surface area (Å²) in [4.78, 5) is 13.2. The number of aromatic nitrogens is 3. The van der Waals surface area contributed by atoms with E-state index in [1.807, 2.05) is 0 Å². The van der Waals surface area contributed by atoms with Gasteiger partial charge in [-0.3, -0.25) is 0 Å². The number of pyridine rings is 3. The van der Waals surface area contributed by atoms with Gasteiger partial charge in [-0.25, -0.2) is 0 Å². The molecule has 0 N–H and O–H groups in total. The van der Waals surface area contributed by atoms with Crippen LogP contribution in [0.2, 0.25) is 0 Å². The second-order valence-electron chi connectivity index (χ2n) is 15.5. The SMILES string of the molecule is [2H]c1cc2c(oc3c(-c4cc(C([2H])([2H])[2H])c(C([2H])([2H])C([2H])([2H])c5cc(C([2H])([2H])C([2H])([2H])c6cnc(-c7[c-]cccc7)cc6C([2H])(C)C)cc(C([2H])([2H])C([2H])([2H])c6cnc(-c7[c-]cccc7)cc6C([2H])(C)C)c5)cn4)[c-]ccc32)c(C([2H])([2H])[2H])c1C#N.[Ir+3]. The second-order valence-corrected chi connectivity index (χ2v) is 15.5. The largest absolute Gasteiger partial charge is 3.00 e. The Morgan fingerprint density at radius 2 is 1.18 bits per heavy atom. The molecule has 0 aliphatic rings. The summed E-state index contributed by atoms with van der Waals surface area (Å²) in [5.41, 5.74) is -5.45. The van der Waals surface area contributed by atoms with Crippen LogP contribution in [0.4, 0.5) is 0 Å². The van der Waals surface area contributed by atoms with Crippen molar-refractivity contribution in [1.82, 2.24) is 15.0 Å². The standard InChI is InChI=1S/C60H53N4O.Ir/c1-38(2)54-32-56(45-14-9-7-10-15-45)62-36-49(54)24-21-43-29-42(30-44(31-43)22-25-50-37-63-57(33-55(50)39(3)4)46-16-11-8-12-17-46)20-23-48-35-64-58(28-40(48)5)53-19-13-18-51-52-27-26-47(34-61)41(6)59(52)65-60(51)53;/h7-14,16,18,26-33,35-39H,20-25H2,1-6H3;/q-3;+3/i5D3,6D3,20D2,21D2,22D2,23D2,24D2,25D2,26D,38D,39D;. The molecule has 0 radical (unpaired) electrons. The third kappa shape index (κ3) is 9.85. The average molecular weight is 1060 g/mol. The predicted octanol–water partition coefficient (Wildman–Crippen LogP) is 14.3. The van der Waals surface area contributed by atoms with Crippen molar-refractivity contribution in [2.24, 2.45) is 0 Å². The molecule has 9 rings (SSSR count). The van der Waals surface area contributed by atoms with Crippen LogP contribution in [0.15, 0.2) is 132 Å². The van der Waals surface area contributed by atoms with Crippen molar-refractivity contribution in [3.05, 3.63) is 207 Å². The molecule has 0 aliphatic heterocycles. The van der Waals surface area contributed by atoms with Crippen molar-refractivity contribution in [3.63, 3.8) is 0 Å². The molecule has 0 amide bonds. The van der Waals surface area contributed by atoms with Crippen molar-refractivity contribution >= 4 is 21.9 Å². The maximum absolute atomic E-state index is 9.88. The monoisotopic (exact) mass is 1060 g/mol. The van der Waals surface area contributed by atoms with Crippen LogP contribution in [0, 0.1) is 43.2 Å². The van der Waals surface area contributed by atoms with E-state index in [1.54, 1.807) is 54.6 Å². The van der Waals surface area contributed by atoms with Gasteiger partial charge in [-0.05, 0) is 131 Å². The van der Waals surface area contributed by atoms with Gasteiger partial charge < -0.3 is 19.4 Å². The molecule has 5 nitrogen and oxygen atoms in total. The Morgan fingerprint density at radius 1 is 0.636 bits per heavy atom. The minimum Gasteiger partial charge on any atom is -0.500 e. The van der Waals surface area contributed by atoms with Crippen LogP contribution < -0.4 is 0 Å². The topological polar surface area (TPSA) is 75.6 Å². The molecule has 9 aromatic rings. The number of furan rings is 1. The molecule has 0 fully saturated rings. The zero-order chi connectivity index (χ0) is 63.5. The molecular formula is C60H53IrN4O. The van der Waals surface area contributed by atoms with Crippen LogP contribution in [0.3, 0.4) is 0 Å². The second kappa shape index (κ2) is 20.3. The fourth-order valence-electron chi connectivity index (χ4n) is 7.31. The van der Waals surface area contributed by atoms with Gasteiger partial charge in [-0.2, -0.15) is 5.26 Å². The summed E-state index contributed by atoms with van der Waals surface area (Å²) in [5, 5.41) is 10.2. The number of hydrogen-bond acceptors (Lipinski definition) is 5. The molecule has 0 spiro atoms. The number of nitriles is 1. The molecule has 0 saturated heterocycles. The van der Waals surface area contributed by atoms with Crippen LogP contribution in [0.1, 0.15) is 129 Å². The normalized spacial score (nSPS) is 18.1. The minimum absolute atomic E-state index is 0. The number of hydrogen-bond donors (Lipinski definition) is 0. The summed E-state index contributed by atoms with van der Waals surface area (Å²) in [6, 6.07) is 33.9. The summed E-state index contributed by atoms with van der Waals surface area (Å²) in [6.07, 6.45) is -17.7. The average Bonchev–Trinajstić information content (AvgIpc) is 1.52. The first-order valence-electron chi connectivity index (χ1n) is 31.1. The predicted molar refractivity (Wildman–Crippen MR) is 264 cm³/mol. The molecule has 0 unspecified atom stereocenters. The Bertz CT molecular complexity index is 4020. The summed E-state index contributed by atoms with van der Waals surface area (Å²) in [6.45, 7) is -0.447. The zero-order valence-corrected chi connectivity index (χ0v) is 38.5.